The Morgan fingerprint density at radius 2 is 1.95 bits per heavy atom. The summed E-state index contributed by atoms with van der Waals surface area (Å²) in [5.41, 5.74) is 4.78. The first-order valence-corrected chi connectivity index (χ1v) is 6.45. The Labute approximate surface area is 117 Å². The number of hydrogen-bond acceptors (Lipinski definition) is 2. The largest absolute Gasteiger partial charge is 0.497 e. The number of carbonyl (C=O) groups is 1. The molecule has 2 aromatic heterocycles. The number of fused-ring (bicyclic) bond motifs is 1. The molecule has 0 atom stereocenters. The number of aldehydes is 1. The molecule has 3 nitrogen and oxygen atoms in total. The predicted molar refractivity (Wildman–Crippen MR) is 79.5 cm³/mol. The van der Waals surface area contributed by atoms with E-state index in [1.165, 1.54) is 0 Å². The van der Waals surface area contributed by atoms with Crippen molar-refractivity contribution in [2.45, 2.75) is 6.92 Å². The second-order valence-corrected chi connectivity index (χ2v) is 4.74. The molecule has 2 heterocycles. The van der Waals surface area contributed by atoms with Crippen LogP contribution in [0.4, 0.5) is 0 Å². The number of aryl methyl sites for hydroxylation is 1. The molecule has 0 aliphatic carbocycles. The lowest BCUT2D eigenvalue weighted by molar-refractivity contribution is 0.111. The van der Waals surface area contributed by atoms with Crippen molar-refractivity contribution < 1.29 is 9.53 Å². The topological polar surface area (TPSA) is 30.7 Å². The van der Waals surface area contributed by atoms with E-state index in [1.807, 2.05) is 60.0 Å². The summed E-state index contributed by atoms with van der Waals surface area (Å²) in [4.78, 5) is 11.5. The lowest BCUT2D eigenvalue weighted by Crippen LogP contribution is -1.93. The van der Waals surface area contributed by atoms with Gasteiger partial charge in [-0.15, -0.1) is 0 Å². The molecule has 0 unspecified atom stereocenters. The Balaban J connectivity index is 2.26. The Morgan fingerprint density at radius 1 is 1.10 bits per heavy atom. The molecule has 0 radical (unpaired) electrons. The maximum Gasteiger partial charge on any atom is 0.167 e. The molecular formula is C17H15NO2. The maximum atomic E-state index is 11.5. The first-order chi connectivity index (χ1) is 9.74. The van der Waals surface area contributed by atoms with E-state index in [0.29, 0.717) is 5.69 Å². The zero-order valence-corrected chi connectivity index (χ0v) is 11.5. The van der Waals surface area contributed by atoms with Gasteiger partial charge < -0.3 is 9.14 Å². The fraction of sp³-hybridized carbons (Fsp3) is 0.118. The first-order valence-electron chi connectivity index (χ1n) is 6.45. The van der Waals surface area contributed by atoms with Crippen molar-refractivity contribution in [3.8, 4) is 16.9 Å². The summed E-state index contributed by atoms with van der Waals surface area (Å²) in [6.45, 7) is 2.02. The Hall–Kier alpha value is -2.55. The van der Waals surface area contributed by atoms with Crippen LogP contribution in [-0.2, 0) is 0 Å². The highest BCUT2D eigenvalue weighted by atomic mass is 16.5. The second-order valence-electron chi connectivity index (χ2n) is 4.74. The van der Waals surface area contributed by atoms with Crippen LogP contribution >= 0.6 is 0 Å². The van der Waals surface area contributed by atoms with Crippen LogP contribution in [0.15, 0.2) is 48.7 Å². The first kappa shape index (κ1) is 12.5. The normalized spacial score (nSPS) is 10.7. The number of benzene rings is 1. The summed E-state index contributed by atoms with van der Waals surface area (Å²) in [6, 6.07) is 13.8. The van der Waals surface area contributed by atoms with Crippen molar-refractivity contribution in [1.29, 1.82) is 0 Å². The van der Waals surface area contributed by atoms with E-state index in [2.05, 4.69) is 0 Å². The summed E-state index contributed by atoms with van der Waals surface area (Å²) < 4.78 is 7.14. The minimum atomic E-state index is 0.675. The van der Waals surface area contributed by atoms with Crippen LogP contribution < -0.4 is 4.74 Å². The van der Waals surface area contributed by atoms with E-state index in [1.54, 1.807) is 7.11 Å². The summed E-state index contributed by atoms with van der Waals surface area (Å²) in [6.07, 6.45) is 2.81. The van der Waals surface area contributed by atoms with Gasteiger partial charge in [-0.25, -0.2) is 0 Å². The molecule has 3 rings (SSSR count). The molecule has 0 aliphatic rings. The second kappa shape index (κ2) is 4.85. The lowest BCUT2D eigenvalue weighted by Gasteiger charge is -2.07. The Bertz CT molecular complexity index is 787. The zero-order valence-electron chi connectivity index (χ0n) is 11.5. The van der Waals surface area contributed by atoms with Crippen molar-refractivity contribution in [3.63, 3.8) is 0 Å². The SMILES string of the molecule is COc1ccc(-c2cc3ccccn3c2C=O)c(C)c1. The molecule has 0 N–H and O–H groups in total. The number of pyridine rings is 1. The van der Waals surface area contributed by atoms with Gasteiger partial charge in [0, 0.05) is 17.3 Å². The van der Waals surface area contributed by atoms with E-state index < -0.39 is 0 Å². The van der Waals surface area contributed by atoms with Crippen molar-refractivity contribution in [2.24, 2.45) is 0 Å². The highest BCUT2D eigenvalue weighted by molar-refractivity contribution is 5.90. The van der Waals surface area contributed by atoms with Crippen molar-refractivity contribution in [2.75, 3.05) is 7.11 Å². The van der Waals surface area contributed by atoms with Gasteiger partial charge in [-0.05, 0) is 48.4 Å². The van der Waals surface area contributed by atoms with Gasteiger partial charge in [0.1, 0.15) is 5.75 Å². The fourth-order valence-electron chi connectivity index (χ4n) is 2.55. The molecule has 0 bridgehead atoms. The third-order valence-corrected chi connectivity index (χ3v) is 3.55. The molecule has 0 saturated heterocycles. The van der Waals surface area contributed by atoms with E-state index in [-0.39, 0.29) is 0 Å². The van der Waals surface area contributed by atoms with Crippen LogP contribution in [0.1, 0.15) is 16.1 Å². The van der Waals surface area contributed by atoms with Crippen molar-refractivity contribution in [3.05, 3.63) is 59.9 Å². The average Bonchev–Trinajstić information content (AvgIpc) is 2.85. The minimum absolute atomic E-state index is 0.675. The Morgan fingerprint density at radius 3 is 2.65 bits per heavy atom. The van der Waals surface area contributed by atoms with Gasteiger partial charge in [0.15, 0.2) is 6.29 Å². The van der Waals surface area contributed by atoms with Gasteiger partial charge in [-0.2, -0.15) is 0 Å². The molecule has 0 amide bonds. The van der Waals surface area contributed by atoms with Crippen LogP contribution in [-0.4, -0.2) is 17.8 Å². The smallest absolute Gasteiger partial charge is 0.167 e. The number of ether oxygens (including phenoxy) is 1. The molecule has 3 heteroatoms. The highest BCUT2D eigenvalue weighted by Crippen LogP contribution is 2.31. The maximum absolute atomic E-state index is 11.5. The monoisotopic (exact) mass is 265 g/mol. The molecule has 3 aromatic rings. The molecule has 0 fully saturated rings. The summed E-state index contributed by atoms with van der Waals surface area (Å²) in [5.74, 6) is 0.822. The van der Waals surface area contributed by atoms with Gasteiger partial charge >= 0.3 is 0 Å². The zero-order chi connectivity index (χ0) is 14.1. The van der Waals surface area contributed by atoms with Gasteiger partial charge in [-0.1, -0.05) is 12.1 Å². The number of rotatable bonds is 3. The van der Waals surface area contributed by atoms with E-state index in [9.17, 15) is 4.79 Å². The average molecular weight is 265 g/mol. The number of aromatic nitrogens is 1. The molecule has 1 aromatic carbocycles. The van der Waals surface area contributed by atoms with Gasteiger partial charge in [0.2, 0.25) is 0 Å². The highest BCUT2D eigenvalue weighted by Gasteiger charge is 2.13. The molecular weight excluding hydrogens is 250 g/mol. The molecule has 100 valence electrons. The van der Waals surface area contributed by atoms with Gasteiger partial charge in [0.05, 0.1) is 12.8 Å². The van der Waals surface area contributed by atoms with Gasteiger partial charge in [0.25, 0.3) is 0 Å². The number of methoxy groups -OCH3 is 1. The summed E-state index contributed by atoms with van der Waals surface area (Å²) in [5, 5.41) is 0. The molecule has 0 saturated carbocycles. The number of hydrogen-bond donors (Lipinski definition) is 0. The van der Waals surface area contributed by atoms with E-state index in [0.717, 1.165) is 34.2 Å². The van der Waals surface area contributed by atoms with Crippen LogP contribution in [0.25, 0.3) is 16.6 Å². The van der Waals surface area contributed by atoms with E-state index in [4.69, 9.17) is 4.74 Å². The molecule has 0 aliphatic heterocycles. The van der Waals surface area contributed by atoms with Crippen LogP contribution in [0, 0.1) is 6.92 Å². The Kier molecular flexibility index (Phi) is 3.03. The van der Waals surface area contributed by atoms with Crippen molar-refractivity contribution in [1.82, 2.24) is 4.40 Å². The molecule has 20 heavy (non-hydrogen) atoms. The van der Waals surface area contributed by atoms with Crippen LogP contribution in [0.5, 0.6) is 5.75 Å². The third-order valence-electron chi connectivity index (χ3n) is 3.55. The minimum Gasteiger partial charge on any atom is -0.497 e. The van der Waals surface area contributed by atoms with Crippen molar-refractivity contribution >= 4 is 11.8 Å². The third kappa shape index (κ3) is 1.88. The van der Waals surface area contributed by atoms with E-state index >= 15 is 0 Å². The quantitative estimate of drug-likeness (QED) is 0.675. The number of carbonyl (C=O) groups excluding carboxylic acids is 1. The van der Waals surface area contributed by atoms with Crippen LogP contribution in [0.3, 0.4) is 0 Å². The summed E-state index contributed by atoms with van der Waals surface area (Å²) in [7, 11) is 1.65. The standard InChI is InChI=1S/C17H15NO2/c1-12-9-14(20-2)6-7-15(12)16-10-13-5-3-4-8-18(13)17(16)11-19/h3-11H,1-2H3. The summed E-state index contributed by atoms with van der Waals surface area (Å²) >= 11 is 0. The lowest BCUT2D eigenvalue weighted by atomic mass is 10.0. The predicted octanol–water partition coefficient (Wildman–Crippen LogP) is 3.74. The fourth-order valence-corrected chi connectivity index (χ4v) is 2.55. The number of nitrogens with zero attached hydrogens (tertiary/aromatic N) is 1. The molecule has 0 spiro atoms. The van der Waals surface area contributed by atoms with Gasteiger partial charge in [-0.3, -0.25) is 4.79 Å². The van der Waals surface area contributed by atoms with Crippen LogP contribution in [0.2, 0.25) is 0 Å².